The van der Waals surface area contributed by atoms with E-state index in [9.17, 15) is 0 Å². The number of nitrogens with zero attached hydrogens (tertiary/aromatic N) is 1. The van der Waals surface area contributed by atoms with Crippen LogP contribution in [0.25, 0.3) is 0 Å². The first-order valence-electron chi connectivity index (χ1n) is 7.91. The van der Waals surface area contributed by atoms with Crippen LogP contribution in [-0.2, 0) is 4.43 Å². The monoisotopic (exact) mass is 298 g/mol. The van der Waals surface area contributed by atoms with E-state index in [1.54, 1.807) is 0 Å². The molecule has 4 heteroatoms. The molecule has 1 rings (SSSR count). The van der Waals surface area contributed by atoms with Gasteiger partial charge in [-0.1, -0.05) is 20.8 Å². The number of hydrazone groups is 1. The van der Waals surface area contributed by atoms with Gasteiger partial charge in [-0.15, -0.1) is 0 Å². The van der Waals surface area contributed by atoms with Crippen LogP contribution in [0, 0.1) is 0 Å². The lowest BCUT2D eigenvalue weighted by atomic mass is 9.96. The van der Waals surface area contributed by atoms with E-state index < -0.39 is 8.32 Å². The fourth-order valence-corrected chi connectivity index (χ4v) is 3.43. The third kappa shape index (κ3) is 5.56. The first kappa shape index (κ1) is 17.7. The lowest BCUT2D eigenvalue weighted by Crippen LogP contribution is -2.45. The summed E-state index contributed by atoms with van der Waals surface area (Å²) < 4.78 is 6.54. The Morgan fingerprint density at radius 1 is 1.15 bits per heavy atom. The first-order chi connectivity index (χ1) is 8.91. The summed E-state index contributed by atoms with van der Waals surface area (Å²) in [6, 6.07) is 0. The van der Waals surface area contributed by atoms with E-state index in [1.807, 2.05) is 0 Å². The lowest BCUT2D eigenvalue weighted by molar-refractivity contribution is 0.168. The van der Waals surface area contributed by atoms with E-state index in [1.165, 1.54) is 18.6 Å². The summed E-state index contributed by atoms with van der Waals surface area (Å²) >= 11 is 0. The molecule has 20 heavy (non-hydrogen) atoms. The van der Waals surface area contributed by atoms with Crippen LogP contribution in [0.2, 0.25) is 18.1 Å². The van der Waals surface area contributed by atoms with Gasteiger partial charge >= 0.3 is 0 Å². The minimum Gasteiger partial charge on any atom is -0.414 e. The number of nitrogens with one attached hydrogen (secondary N) is 1. The van der Waals surface area contributed by atoms with E-state index in [-0.39, 0.29) is 10.6 Å². The van der Waals surface area contributed by atoms with Crippen LogP contribution < -0.4 is 5.43 Å². The molecule has 0 aromatic heterocycles. The minimum absolute atomic E-state index is 0.0419. The highest BCUT2D eigenvalue weighted by molar-refractivity contribution is 6.74. The van der Waals surface area contributed by atoms with E-state index in [2.05, 4.69) is 65.2 Å². The van der Waals surface area contributed by atoms with Gasteiger partial charge in [0.2, 0.25) is 0 Å². The van der Waals surface area contributed by atoms with Crippen molar-refractivity contribution in [2.75, 3.05) is 0 Å². The van der Waals surface area contributed by atoms with Gasteiger partial charge in [-0.25, -0.2) is 0 Å². The molecular weight excluding hydrogens is 264 g/mol. The molecule has 0 heterocycles. The molecule has 1 atom stereocenters. The maximum absolute atomic E-state index is 6.54. The highest BCUT2D eigenvalue weighted by Gasteiger charge is 2.39. The van der Waals surface area contributed by atoms with Crippen molar-refractivity contribution >= 4 is 14.0 Å². The Bertz CT molecular complexity index is 350. The fraction of sp³-hybridized carbons (Fsp3) is 0.938. The zero-order valence-electron chi connectivity index (χ0n) is 14.8. The van der Waals surface area contributed by atoms with E-state index in [0.29, 0.717) is 6.10 Å². The van der Waals surface area contributed by atoms with Crippen molar-refractivity contribution in [2.24, 2.45) is 5.10 Å². The minimum atomic E-state index is -1.66. The molecule has 1 fully saturated rings. The molecule has 0 aliphatic heterocycles. The van der Waals surface area contributed by atoms with Crippen molar-refractivity contribution in [3.8, 4) is 0 Å². The van der Waals surface area contributed by atoms with Gasteiger partial charge in [0.15, 0.2) is 8.32 Å². The van der Waals surface area contributed by atoms with Gasteiger partial charge in [0, 0.05) is 17.7 Å². The van der Waals surface area contributed by atoms with Crippen molar-refractivity contribution in [3.05, 3.63) is 0 Å². The standard InChI is InChI=1S/C16H34N2OSi/c1-15(2,3)18-17-13-10-9-11-14(12-13)19-20(7,8)16(4,5)6/h14,18H,9-12H2,1-8H3. The highest BCUT2D eigenvalue weighted by Crippen LogP contribution is 2.38. The Morgan fingerprint density at radius 2 is 1.75 bits per heavy atom. The van der Waals surface area contributed by atoms with Crippen molar-refractivity contribution in [1.29, 1.82) is 0 Å². The van der Waals surface area contributed by atoms with Crippen molar-refractivity contribution < 1.29 is 4.43 Å². The summed E-state index contributed by atoms with van der Waals surface area (Å²) in [6.07, 6.45) is 4.85. The van der Waals surface area contributed by atoms with Gasteiger partial charge in [0.1, 0.15) is 0 Å². The molecular formula is C16H34N2OSi. The molecule has 0 aromatic rings. The number of hydrogen-bond acceptors (Lipinski definition) is 3. The average molecular weight is 299 g/mol. The van der Waals surface area contributed by atoms with E-state index in [4.69, 9.17) is 4.43 Å². The fourth-order valence-electron chi connectivity index (χ4n) is 2.04. The molecule has 118 valence electrons. The molecule has 1 N–H and O–H groups in total. The third-order valence-corrected chi connectivity index (χ3v) is 8.81. The zero-order chi connectivity index (χ0) is 15.6. The second-order valence-corrected chi connectivity index (χ2v) is 13.4. The molecule has 0 aromatic carbocycles. The van der Waals surface area contributed by atoms with Crippen LogP contribution in [0.15, 0.2) is 5.10 Å². The van der Waals surface area contributed by atoms with Gasteiger partial charge in [0.05, 0.1) is 6.10 Å². The highest BCUT2D eigenvalue weighted by atomic mass is 28.4. The second-order valence-electron chi connectivity index (χ2n) is 8.64. The van der Waals surface area contributed by atoms with Gasteiger partial charge < -0.3 is 9.85 Å². The van der Waals surface area contributed by atoms with Gasteiger partial charge in [-0.05, 0) is 58.2 Å². The Balaban J connectivity index is 2.62. The molecule has 0 saturated heterocycles. The Hall–Kier alpha value is -0.353. The summed E-state index contributed by atoms with van der Waals surface area (Å²) in [6.45, 7) is 18.0. The Labute approximate surface area is 126 Å². The second kappa shape index (κ2) is 6.18. The topological polar surface area (TPSA) is 33.6 Å². The van der Waals surface area contributed by atoms with Crippen LogP contribution in [0.5, 0.6) is 0 Å². The molecule has 1 unspecified atom stereocenters. The Morgan fingerprint density at radius 3 is 2.25 bits per heavy atom. The van der Waals surface area contributed by atoms with Crippen molar-refractivity contribution in [1.82, 2.24) is 5.43 Å². The molecule has 0 bridgehead atoms. The molecule has 1 aliphatic rings. The summed E-state index contributed by atoms with van der Waals surface area (Å²) in [5.74, 6) is 0. The van der Waals surface area contributed by atoms with Crippen LogP contribution in [0.1, 0.15) is 67.2 Å². The number of hydrogen-bond donors (Lipinski definition) is 1. The summed E-state index contributed by atoms with van der Waals surface area (Å²) in [7, 11) is -1.66. The van der Waals surface area contributed by atoms with Crippen LogP contribution in [-0.4, -0.2) is 25.7 Å². The smallest absolute Gasteiger partial charge is 0.192 e. The molecule has 1 aliphatic carbocycles. The quantitative estimate of drug-likeness (QED) is 0.605. The average Bonchev–Trinajstić information content (AvgIpc) is 2.24. The van der Waals surface area contributed by atoms with Crippen LogP contribution >= 0.6 is 0 Å². The van der Waals surface area contributed by atoms with E-state index in [0.717, 1.165) is 12.8 Å². The summed E-state index contributed by atoms with van der Waals surface area (Å²) in [4.78, 5) is 0. The van der Waals surface area contributed by atoms with Gasteiger partial charge in [-0.2, -0.15) is 5.10 Å². The van der Waals surface area contributed by atoms with Crippen molar-refractivity contribution in [2.45, 2.75) is 97.0 Å². The zero-order valence-corrected chi connectivity index (χ0v) is 15.8. The summed E-state index contributed by atoms with van der Waals surface area (Å²) in [5, 5.41) is 4.88. The largest absolute Gasteiger partial charge is 0.414 e. The van der Waals surface area contributed by atoms with Gasteiger partial charge in [0.25, 0.3) is 0 Å². The van der Waals surface area contributed by atoms with E-state index >= 15 is 0 Å². The number of rotatable bonds is 3. The summed E-state index contributed by atoms with van der Waals surface area (Å²) in [5.41, 5.74) is 4.56. The predicted octanol–water partition coefficient (Wildman–Crippen LogP) is 4.69. The maximum atomic E-state index is 6.54. The van der Waals surface area contributed by atoms with Crippen molar-refractivity contribution in [3.63, 3.8) is 0 Å². The maximum Gasteiger partial charge on any atom is 0.192 e. The SMILES string of the molecule is CC(C)(C)NN=C1CCCC(O[Si](C)(C)C(C)(C)C)C1. The lowest BCUT2D eigenvalue weighted by Gasteiger charge is -2.40. The molecule has 0 spiro atoms. The molecule has 1 saturated carbocycles. The molecule has 0 radical (unpaired) electrons. The van der Waals surface area contributed by atoms with Crippen LogP contribution in [0.3, 0.4) is 0 Å². The molecule has 3 nitrogen and oxygen atoms in total. The predicted molar refractivity (Wildman–Crippen MR) is 90.9 cm³/mol. The Kier molecular flexibility index (Phi) is 5.47. The normalized spacial score (nSPS) is 24.0. The first-order valence-corrected chi connectivity index (χ1v) is 10.8. The molecule has 0 amide bonds. The van der Waals surface area contributed by atoms with Crippen LogP contribution in [0.4, 0.5) is 0 Å². The van der Waals surface area contributed by atoms with Gasteiger partial charge in [-0.3, -0.25) is 0 Å². The third-order valence-electron chi connectivity index (χ3n) is 4.27.